The van der Waals surface area contributed by atoms with Gasteiger partial charge in [-0.3, -0.25) is 9.78 Å². The summed E-state index contributed by atoms with van der Waals surface area (Å²) in [6.45, 7) is 1.61. The summed E-state index contributed by atoms with van der Waals surface area (Å²) >= 11 is 0. The van der Waals surface area contributed by atoms with Crippen LogP contribution in [0.15, 0.2) is 42.7 Å². The number of hydrogen-bond acceptors (Lipinski definition) is 5. The molecule has 2 N–H and O–H groups in total. The number of anilines is 1. The van der Waals surface area contributed by atoms with Crippen molar-refractivity contribution in [2.45, 2.75) is 19.4 Å². The molecule has 2 aromatic rings. The number of rotatable bonds is 9. The van der Waals surface area contributed by atoms with Crippen molar-refractivity contribution in [3.8, 4) is 11.5 Å². The molecule has 0 spiro atoms. The first-order chi connectivity index (χ1) is 12.2. The Hall–Kier alpha value is -2.60. The average Bonchev–Trinajstić information content (AvgIpc) is 3.45. The first-order valence-corrected chi connectivity index (χ1v) is 8.45. The number of amides is 1. The molecule has 0 atom stereocenters. The van der Waals surface area contributed by atoms with Gasteiger partial charge in [0.25, 0.3) is 0 Å². The minimum Gasteiger partial charge on any atom is -0.493 e. The number of benzene rings is 1. The summed E-state index contributed by atoms with van der Waals surface area (Å²) in [4.78, 5) is 16.1. The Kier molecular flexibility index (Phi) is 5.85. The van der Waals surface area contributed by atoms with Gasteiger partial charge in [-0.2, -0.15) is 0 Å². The van der Waals surface area contributed by atoms with Crippen LogP contribution >= 0.6 is 0 Å². The fraction of sp³-hybridized carbons (Fsp3) is 0.368. The zero-order chi connectivity index (χ0) is 17.5. The maximum Gasteiger partial charge on any atom is 0.238 e. The van der Waals surface area contributed by atoms with Crippen LogP contribution in [-0.4, -0.2) is 31.1 Å². The molecule has 6 heteroatoms. The van der Waals surface area contributed by atoms with Gasteiger partial charge in [-0.1, -0.05) is 6.07 Å². The third kappa shape index (κ3) is 5.46. The summed E-state index contributed by atoms with van der Waals surface area (Å²) in [7, 11) is 1.59. The Balaban J connectivity index is 1.57. The second-order valence-electron chi connectivity index (χ2n) is 6.14. The first-order valence-electron chi connectivity index (χ1n) is 8.45. The fourth-order valence-electron chi connectivity index (χ4n) is 2.43. The molecule has 0 bridgehead atoms. The number of nitrogens with one attached hydrogen (secondary N) is 2. The Labute approximate surface area is 147 Å². The van der Waals surface area contributed by atoms with E-state index in [1.165, 1.54) is 12.8 Å². The SMILES string of the molecule is COc1ccc(NC(=O)CNCC2CC2)cc1OCc1cccnc1. The molecule has 0 radical (unpaired) electrons. The van der Waals surface area contributed by atoms with Crippen LogP contribution in [0.1, 0.15) is 18.4 Å². The lowest BCUT2D eigenvalue weighted by Crippen LogP contribution is -2.29. The number of methoxy groups -OCH3 is 1. The van der Waals surface area contributed by atoms with Gasteiger partial charge in [0.2, 0.25) is 5.91 Å². The van der Waals surface area contributed by atoms with Crippen molar-refractivity contribution in [3.63, 3.8) is 0 Å². The zero-order valence-corrected chi connectivity index (χ0v) is 14.3. The van der Waals surface area contributed by atoms with Gasteiger partial charge in [0.15, 0.2) is 11.5 Å². The molecule has 1 aliphatic rings. The molecule has 0 saturated heterocycles. The van der Waals surface area contributed by atoms with E-state index in [2.05, 4.69) is 15.6 Å². The molecular formula is C19H23N3O3. The Morgan fingerprint density at radius 3 is 2.88 bits per heavy atom. The van der Waals surface area contributed by atoms with Gasteiger partial charge in [0.1, 0.15) is 6.61 Å². The molecule has 132 valence electrons. The van der Waals surface area contributed by atoms with Crippen LogP contribution in [0.4, 0.5) is 5.69 Å². The summed E-state index contributed by atoms with van der Waals surface area (Å²) in [5.41, 5.74) is 1.64. The maximum atomic E-state index is 12.0. The number of ether oxygens (including phenoxy) is 2. The largest absolute Gasteiger partial charge is 0.493 e. The number of aromatic nitrogens is 1. The Morgan fingerprint density at radius 1 is 1.28 bits per heavy atom. The van der Waals surface area contributed by atoms with Crippen LogP contribution in [-0.2, 0) is 11.4 Å². The topological polar surface area (TPSA) is 72.5 Å². The first kappa shape index (κ1) is 17.2. The van der Waals surface area contributed by atoms with Crippen molar-refractivity contribution < 1.29 is 14.3 Å². The standard InChI is InChI=1S/C19H23N3O3/c1-24-17-7-6-16(22-19(23)12-21-10-14-4-5-14)9-18(17)25-13-15-3-2-8-20-11-15/h2-3,6-9,11,14,21H,4-5,10,12-13H2,1H3,(H,22,23). The number of hydrogen-bond donors (Lipinski definition) is 2. The number of carbonyl (C=O) groups excluding carboxylic acids is 1. The highest BCUT2D eigenvalue weighted by atomic mass is 16.5. The summed E-state index contributed by atoms with van der Waals surface area (Å²) in [5.74, 6) is 1.88. The number of pyridine rings is 1. The molecule has 1 aliphatic carbocycles. The summed E-state index contributed by atoms with van der Waals surface area (Å²) in [6.07, 6.45) is 6.01. The molecule has 0 aliphatic heterocycles. The van der Waals surface area contributed by atoms with E-state index in [4.69, 9.17) is 9.47 Å². The van der Waals surface area contributed by atoms with E-state index in [1.54, 1.807) is 37.7 Å². The Bertz CT molecular complexity index is 702. The van der Waals surface area contributed by atoms with Crippen LogP contribution in [0.25, 0.3) is 0 Å². The molecule has 1 aromatic heterocycles. The molecule has 0 unspecified atom stereocenters. The fourth-order valence-corrected chi connectivity index (χ4v) is 2.43. The molecule has 6 nitrogen and oxygen atoms in total. The Morgan fingerprint density at radius 2 is 2.16 bits per heavy atom. The lowest BCUT2D eigenvalue weighted by molar-refractivity contribution is -0.115. The third-order valence-electron chi connectivity index (χ3n) is 3.98. The van der Waals surface area contributed by atoms with E-state index in [0.29, 0.717) is 30.3 Å². The van der Waals surface area contributed by atoms with Crippen molar-refractivity contribution in [2.24, 2.45) is 5.92 Å². The molecule has 1 heterocycles. The van der Waals surface area contributed by atoms with Gasteiger partial charge in [-0.25, -0.2) is 0 Å². The third-order valence-corrected chi connectivity index (χ3v) is 3.98. The van der Waals surface area contributed by atoms with Crippen LogP contribution in [0.5, 0.6) is 11.5 Å². The maximum absolute atomic E-state index is 12.0. The van der Waals surface area contributed by atoms with Gasteiger partial charge in [0, 0.05) is 29.7 Å². The number of nitrogens with zero attached hydrogens (tertiary/aromatic N) is 1. The van der Waals surface area contributed by atoms with Crippen LogP contribution < -0.4 is 20.1 Å². The smallest absolute Gasteiger partial charge is 0.238 e. The summed E-state index contributed by atoms with van der Waals surface area (Å²) < 4.78 is 11.2. The second kappa shape index (κ2) is 8.48. The lowest BCUT2D eigenvalue weighted by atomic mass is 10.2. The van der Waals surface area contributed by atoms with E-state index in [1.807, 2.05) is 12.1 Å². The van der Waals surface area contributed by atoms with Crippen LogP contribution in [0.3, 0.4) is 0 Å². The van der Waals surface area contributed by atoms with E-state index < -0.39 is 0 Å². The second-order valence-corrected chi connectivity index (χ2v) is 6.14. The monoisotopic (exact) mass is 341 g/mol. The predicted octanol–water partition coefficient (Wildman–Crippen LogP) is 2.61. The minimum absolute atomic E-state index is 0.0657. The molecule has 3 rings (SSSR count). The zero-order valence-electron chi connectivity index (χ0n) is 14.3. The predicted molar refractivity (Wildman–Crippen MR) is 95.8 cm³/mol. The van der Waals surface area contributed by atoms with Gasteiger partial charge < -0.3 is 20.1 Å². The van der Waals surface area contributed by atoms with Crippen LogP contribution in [0, 0.1) is 5.92 Å². The lowest BCUT2D eigenvalue weighted by Gasteiger charge is -2.13. The minimum atomic E-state index is -0.0657. The van der Waals surface area contributed by atoms with E-state index in [-0.39, 0.29) is 5.91 Å². The number of carbonyl (C=O) groups is 1. The van der Waals surface area contributed by atoms with Crippen molar-refractivity contribution >= 4 is 11.6 Å². The molecular weight excluding hydrogens is 318 g/mol. The molecule has 1 saturated carbocycles. The van der Waals surface area contributed by atoms with Gasteiger partial charge in [0.05, 0.1) is 13.7 Å². The van der Waals surface area contributed by atoms with E-state index >= 15 is 0 Å². The highest BCUT2D eigenvalue weighted by Crippen LogP contribution is 2.31. The van der Waals surface area contributed by atoms with E-state index in [0.717, 1.165) is 18.0 Å². The van der Waals surface area contributed by atoms with Gasteiger partial charge in [-0.05, 0) is 43.5 Å². The molecule has 1 aromatic carbocycles. The highest BCUT2D eigenvalue weighted by Gasteiger charge is 2.20. The van der Waals surface area contributed by atoms with Crippen molar-refractivity contribution in [1.82, 2.24) is 10.3 Å². The summed E-state index contributed by atoms with van der Waals surface area (Å²) in [5, 5.41) is 6.05. The molecule has 1 amide bonds. The van der Waals surface area contributed by atoms with Crippen molar-refractivity contribution in [3.05, 3.63) is 48.3 Å². The normalized spacial score (nSPS) is 13.3. The van der Waals surface area contributed by atoms with Gasteiger partial charge in [-0.15, -0.1) is 0 Å². The average molecular weight is 341 g/mol. The molecule has 1 fully saturated rings. The molecule has 25 heavy (non-hydrogen) atoms. The van der Waals surface area contributed by atoms with Crippen molar-refractivity contribution in [1.29, 1.82) is 0 Å². The van der Waals surface area contributed by atoms with Crippen molar-refractivity contribution in [2.75, 3.05) is 25.5 Å². The van der Waals surface area contributed by atoms with Gasteiger partial charge >= 0.3 is 0 Å². The highest BCUT2D eigenvalue weighted by molar-refractivity contribution is 5.92. The quantitative estimate of drug-likeness (QED) is 0.733. The van der Waals surface area contributed by atoms with E-state index in [9.17, 15) is 4.79 Å². The summed E-state index contributed by atoms with van der Waals surface area (Å²) in [6, 6.07) is 9.16. The van der Waals surface area contributed by atoms with Crippen LogP contribution in [0.2, 0.25) is 0 Å².